The number of carbonyl (C=O) groups excluding carboxylic acids is 1. The van der Waals surface area contributed by atoms with Gasteiger partial charge >= 0.3 is 12.1 Å². The van der Waals surface area contributed by atoms with Gasteiger partial charge in [-0.25, -0.2) is 9.59 Å². The zero-order valence-electron chi connectivity index (χ0n) is 14.1. The summed E-state index contributed by atoms with van der Waals surface area (Å²) in [6.45, 7) is 0.0705. The largest absolute Gasteiger partial charge is 0.475 e. The molecule has 136 valence electrons. The lowest BCUT2D eigenvalue weighted by molar-refractivity contribution is 0.0680. The van der Waals surface area contributed by atoms with Gasteiger partial charge in [0.2, 0.25) is 5.89 Å². The van der Waals surface area contributed by atoms with E-state index in [2.05, 4.69) is 27.6 Å². The van der Waals surface area contributed by atoms with Gasteiger partial charge in [-0.1, -0.05) is 48.5 Å². The van der Waals surface area contributed by atoms with Crippen molar-refractivity contribution in [3.63, 3.8) is 0 Å². The number of carboxylic acid groups (broad SMARTS) is 1. The predicted octanol–water partition coefficient (Wildman–Crippen LogP) is 2.81. The Morgan fingerprint density at radius 1 is 1.07 bits per heavy atom. The molecule has 1 amide bonds. The Morgan fingerprint density at radius 2 is 1.70 bits per heavy atom. The molecule has 2 aromatic carbocycles. The first-order chi connectivity index (χ1) is 13.1. The molecule has 8 nitrogen and oxygen atoms in total. The third-order valence-corrected chi connectivity index (χ3v) is 4.39. The first-order valence-corrected chi connectivity index (χ1v) is 8.28. The summed E-state index contributed by atoms with van der Waals surface area (Å²) in [4.78, 5) is 26.3. The van der Waals surface area contributed by atoms with E-state index in [1.54, 1.807) is 0 Å². The Balaban J connectivity index is 1.39. The van der Waals surface area contributed by atoms with E-state index in [9.17, 15) is 9.59 Å². The molecule has 1 heterocycles. The Morgan fingerprint density at radius 3 is 2.30 bits per heavy atom. The summed E-state index contributed by atoms with van der Waals surface area (Å²) < 4.78 is 10.1. The van der Waals surface area contributed by atoms with Gasteiger partial charge in [-0.3, -0.25) is 0 Å². The highest BCUT2D eigenvalue weighted by Crippen LogP contribution is 2.44. The maximum absolute atomic E-state index is 12.0. The van der Waals surface area contributed by atoms with Crippen molar-refractivity contribution in [2.24, 2.45) is 0 Å². The lowest BCUT2D eigenvalue weighted by Gasteiger charge is -2.14. The van der Waals surface area contributed by atoms with Gasteiger partial charge in [0, 0.05) is 5.92 Å². The summed E-state index contributed by atoms with van der Waals surface area (Å²) in [5.74, 6) is -1.81. The van der Waals surface area contributed by atoms with Crippen LogP contribution in [0.2, 0.25) is 0 Å². The molecule has 3 aromatic rings. The summed E-state index contributed by atoms with van der Waals surface area (Å²) >= 11 is 0. The Bertz CT molecular complexity index is 968. The minimum absolute atomic E-state index is 0.0130. The summed E-state index contributed by atoms with van der Waals surface area (Å²) in [6, 6.07) is 16.1. The smallest absolute Gasteiger partial charge is 0.407 e. The molecule has 0 radical (unpaired) electrons. The molecule has 0 atom stereocenters. The van der Waals surface area contributed by atoms with Gasteiger partial charge < -0.3 is 19.7 Å². The van der Waals surface area contributed by atoms with Crippen LogP contribution in [-0.2, 0) is 11.3 Å². The van der Waals surface area contributed by atoms with Crippen LogP contribution >= 0.6 is 0 Å². The van der Waals surface area contributed by atoms with Crippen molar-refractivity contribution in [1.29, 1.82) is 0 Å². The van der Waals surface area contributed by atoms with Crippen molar-refractivity contribution in [2.75, 3.05) is 6.61 Å². The van der Waals surface area contributed by atoms with Crippen molar-refractivity contribution in [1.82, 2.24) is 15.5 Å². The number of carbonyl (C=O) groups is 2. The number of hydrogen-bond donors (Lipinski definition) is 2. The van der Waals surface area contributed by atoms with E-state index in [1.165, 1.54) is 0 Å². The van der Waals surface area contributed by atoms with Crippen LogP contribution in [0.3, 0.4) is 0 Å². The highest BCUT2D eigenvalue weighted by molar-refractivity contribution is 5.82. The van der Waals surface area contributed by atoms with E-state index in [0.29, 0.717) is 0 Å². The number of nitrogens with zero attached hydrogens (tertiary/aromatic N) is 2. The third-order valence-electron chi connectivity index (χ3n) is 4.39. The molecule has 0 spiro atoms. The van der Waals surface area contributed by atoms with Gasteiger partial charge in [0.1, 0.15) is 13.2 Å². The standard InChI is InChI=1S/C19H15N3O5/c23-18(24)17-21-16(27-22-17)9-20-19(25)26-10-15-13-7-3-1-5-11(13)12-6-2-4-8-14(12)15/h1-8,15H,9-10H2,(H,20,25)(H,23,24). The molecule has 0 saturated carbocycles. The van der Waals surface area contributed by atoms with E-state index in [4.69, 9.17) is 14.4 Å². The maximum atomic E-state index is 12.0. The van der Waals surface area contributed by atoms with Crippen LogP contribution < -0.4 is 5.32 Å². The van der Waals surface area contributed by atoms with Crippen LogP contribution in [0.1, 0.15) is 33.6 Å². The van der Waals surface area contributed by atoms with Crippen LogP contribution in [0.25, 0.3) is 11.1 Å². The van der Waals surface area contributed by atoms with Crippen LogP contribution in [0.15, 0.2) is 53.1 Å². The zero-order chi connectivity index (χ0) is 18.8. The maximum Gasteiger partial charge on any atom is 0.407 e. The second-order valence-electron chi connectivity index (χ2n) is 6.00. The van der Waals surface area contributed by atoms with Crippen molar-refractivity contribution in [3.05, 3.63) is 71.4 Å². The number of ether oxygens (including phenoxy) is 1. The second kappa shape index (κ2) is 6.91. The van der Waals surface area contributed by atoms with E-state index in [-0.39, 0.29) is 25.0 Å². The number of benzene rings is 2. The number of alkyl carbamates (subject to hydrolysis) is 1. The van der Waals surface area contributed by atoms with Crippen LogP contribution in [0.5, 0.6) is 0 Å². The molecule has 0 unspecified atom stereocenters. The van der Waals surface area contributed by atoms with Gasteiger partial charge in [0.05, 0.1) is 0 Å². The highest BCUT2D eigenvalue weighted by atomic mass is 16.5. The SMILES string of the molecule is O=C(NCc1nc(C(=O)O)no1)OCC1c2ccccc2-c2ccccc21. The summed E-state index contributed by atoms with van der Waals surface area (Å²) in [7, 11) is 0. The summed E-state index contributed by atoms with van der Waals surface area (Å²) in [5.41, 5.74) is 4.53. The first kappa shape index (κ1) is 16.8. The fraction of sp³-hybridized carbons (Fsp3) is 0.158. The summed E-state index contributed by atoms with van der Waals surface area (Å²) in [5, 5.41) is 14.5. The van der Waals surface area contributed by atoms with E-state index in [1.807, 2.05) is 36.4 Å². The molecule has 0 aliphatic heterocycles. The van der Waals surface area contributed by atoms with Crippen molar-refractivity contribution in [3.8, 4) is 11.1 Å². The normalized spacial score (nSPS) is 12.3. The number of rotatable bonds is 5. The van der Waals surface area contributed by atoms with Crippen molar-refractivity contribution in [2.45, 2.75) is 12.5 Å². The van der Waals surface area contributed by atoms with E-state index < -0.39 is 17.9 Å². The Kier molecular flexibility index (Phi) is 4.29. The topological polar surface area (TPSA) is 115 Å². The van der Waals surface area contributed by atoms with Crippen LogP contribution in [0.4, 0.5) is 4.79 Å². The molecular weight excluding hydrogens is 350 g/mol. The quantitative estimate of drug-likeness (QED) is 0.714. The van der Waals surface area contributed by atoms with Gasteiger partial charge in [-0.2, -0.15) is 4.98 Å². The highest BCUT2D eigenvalue weighted by Gasteiger charge is 2.29. The number of aromatic carboxylic acids is 1. The molecule has 0 fully saturated rings. The number of nitrogens with one attached hydrogen (secondary N) is 1. The molecule has 1 aliphatic rings. The first-order valence-electron chi connectivity index (χ1n) is 8.28. The molecule has 0 bridgehead atoms. The summed E-state index contributed by atoms with van der Waals surface area (Å²) in [6.07, 6.45) is -0.646. The minimum atomic E-state index is -1.30. The monoisotopic (exact) mass is 365 g/mol. The lowest BCUT2D eigenvalue weighted by Crippen LogP contribution is -2.25. The van der Waals surface area contributed by atoms with Gasteiger partial charge in [0.25, 0.3) is 5.82 Å². The minimum Gasteiger partial charge on any atom is -0.475 e. The third kappa shape index (κ3) is 3.24. The lowest BCUT2D eigenvalue weighted by atomic mass is 9.98. The van der Waals surface area contributed by atoms with Gasteiger partial charge in [-0.15, -0.1) is 0 Å². The van der Waals surface area contributed by atoms with Crippen LogP contribution in [-0.4, -0.2) is 33.9 Å². The molecule has 8 heteroatoms. The zero-order valence-corrected chi connectivity index (χ0v) is 14.1. The molecule has 27 heavy (non-hydrogen) atoms. The fourth-order valence-corrected chi connectivity index (χ4v) is 3.21. The number of fused-ring (bicyclic) bond motifs is 3. The second-order valence-corrected chi connectivity index (χ2v) is 6.00. The van der Waals surface area contributed by atoms with Gasteiger partial charge in [-0.05, 0) is 27.4 Å². The van der Waals surface area contributed by atoms with Crippen molar-refractivity contribution < 1.29 is 24.0 Å². The number of hydrogen-bond acceptors (Lipinski definition) is 6. The fourth-order valence-electron chi connectivity index (χ4n) is 3.21. The molecule has 4 rings (SSSR count). The van der Waals surface area contributed by atoms with E-state index in [0.717, 1.165) is 22.3 Å². The number of amides is 1. The van der Waals surface area contributed by atoms with Crippen LogP contribution in [0, 0.1) is 0 Å². The number of carboxylic acids is 1. The van der Waals surface area contributed by atoms with E-state index >= 15 is 0 Å². The molecule has 1 aliphatic carbocycles. The Hall–Kier alpha value is -3.68. The van der Waals surface area contributed by atoms with Gasteiger partial charge in [0.15, 0.2) is 0 Å². The molecule has 2 N–H and O–H groups in total. The average molecular weight is 365 g/mol. The molecule has 1 aromatic heterocycles. The molecule has 0 saturated heterocycles. The average Bonchev–Trinajstić information content (AvgIpc) is 3.28. The number of aromatic nitrogens is 2. The molecular formula is C19H15N3O5. The van der Waals surface area contributed by atoms with Crippen molar-refractivity contribution >= 4 is 12.1 Å². The predicted molar refractivity (Wildman–Crippen MR) is 93.2 cm³/mol. The Labute approximate surface area is 153 Å².